The Bertz CT molecular complexity index is 819. The van der Waals surface area contributed by atoms with E-state index in [9.17, 15) is 4.79 Å². The first-order chi connectivity index (χ1) is 13.1. The first-order valence-corrected chi connectivity index (χ1v) is 9.52. The van der Waals surface area contributed by atoms with Crippen LogP contribution in [0.15, 0.2) is 41.5 Å². The van der Waals surface area contributed by atoms with Crippen LogP contribution >= 0.6 is 11.3 Å². The lowest BCUT2D eigenvalue weighted by Crippen LogP contribution is -2.39. The van der Waals surface area contributed by atoms with Crippen molar-refractivity contribution in [3.63, 3.8) is 0 Å². The number of amides is 1. The van der Waals surface area contributed by atoms with Gasteiger partial charge >= 0.3 is 0 Å². The van der Waals surface area contributed by atoms with Gasteiger partial charge in [0.1, 0.15) is 10.0 Å². The van der Waals surface area contributed by atoms with Gasteiger partial charge in [0.25, 0.3) is 5.91 Å². The Labute approximate surface area is 162 Å². The molecule has 1 saturated carbocycles. The molecule has 3 rings (SSSR count). The highest BCUT2D eigenvalue weighted by atomic mass is 32.1. The molecule has 1 aliphatic rings. The van der Waals surface area contributed by atoms with Gasteiger partial charge in [-0.1, -0.05) is 47.4 Å². The molecule has 0 aromatic carbocycles. The fraction of sp³-hybridized carbons (Fsp3) is 0.368. The first-order valence-electron chi connectivity index (χ1n) is 8.70. The van der Waals surface area contributed by atoms with E-state index in [1.807, 2.05) is 32.1 Å². The van der Waals surface area contributed by atoms with Crippen LogP contribution in [0.2, 0.25) is 0 Å². The van der Waals surface area contributed by atoms with Gasteiger partial charge in [-0.05, 0) is 33.1 Å². The van der Waals surface area contributed by atoms with E-state index in [1.165, 1.54) is 17.8 Å². The van der Waals surface area contributed by atoms with Crippen molar-refractivity contribution >= 4 is 22.8 Å². The third-order valence-corrected chi connectivity index (χ3v) is 4.72. The van der Waals surface area contributed by atoms with Crippen LogP contribution in [0.1, 0.15) is 52.5 Å². The number of carbonyl (C=O) groups is 1. The lowest BCUT2D eigenvalue weighted by atomic mass is 9.93. The highest BCUT2D eigenvalue weighted by molar-refractivity contribution is 7.11. The molecule has 2 N–H and O–H groups in total. The Morgan fingerprint density at radius 2 is 2.26 bits per heavy atom. The molecular formula is C19H24N4O3S. The second kappa shape index (κ2) is 10.5. The SMILES string of the molecule is C=C/C=C\C(=C/C)c1cc(C(=O)NC2CCC2)no1.Cc1nnc(CO)s1. The topological polar surface area (TPSA) is 101 Å². The number of aliphatic hydroxyl groups excluding tert-OH is 1. The van der Waals surface area contributed by atoms with Crippen LogP contribution in [0.3, 0.4) is 0 Å². The van der Waals surface area contributed by atoms with Crippen molar-refractivity contribution in [3.8, 4) is 0 Å². The molecule has 2 aromatic heterocycles. The summed E-state index contributed by atoms with van der Waals surface area (Å²) in [6.45, 7) is 7.38. The molecular weight excluding hydrogens is 364 g/mol. The maximum Gasteiger partial charge on any atom is 0.273 e. The average molecular weight is 388 g/mol. The molecule has 0 spiro atoms. The summed E-state index contributed by atoms with van der Waals surface area (Å²) in [5.41, 5.74) is 1.20. The zero-order chi connectivity index (χ0) is 19.6. The molecule has 27 heavy (non-hydrogen) atoms. The molecule has 0 unspecified atom stereocenters. The van der Waals surface area contributed by atoms with Crippen molar-refractivity contribution in [1.82, 2.24) is 20.7 Å². The van der Waals surface area contributed by atoms with Gasteiger partial charge in [-0.25, -0.2) is 0 Å². The highest BCUT2D eigenvalue weighted by Gasteiger charge is 2.22. The molecule has 0 aliphatic heterocycles. The lowest BCUT2D eigenvalue weighted by Gasteiger charge is -2.25. The number of nitrogens with zero attached hydrogens (tertiary/aromatic N) is 3. The summed E-state index contributed by atoms with van der Waals surface area (Å²) in [6.07, 6.45) is 10.5. The van der Waals surface area contributed by atoms with E-state index in [0.717, 1.165) is 23.4 Å². The smallest absolute Gasteiger partial charge is 0.273 e. The summed E-state index contributed by atoms with van der Waals surface area (Å²) in [7, 11) is 0. The molecule has 1 fully saturated rings. The van der Waals surface area contributed by atoms with Crippen molar-refractivity contribution in [2.24, 2.45) is 0 Å². The Kier molecular flexibility index (Phi) is 8.09. The second-order valence-electron chi connectivity index (χ2n) is 5.89. The number of nitrogens with one attached hydrogen (secondary N) is 1. The van der Waals surface area contributed by atoms with Gasteiger partial charge in [0.05, 0.1) is 6.61 Å². The van der Waals surface area contributed by atoms with Crippen LogP contribution in [0, 0.1) is 6.92 Å². The third-order valence-electron chi connectivity index (χ3n) is 3.89. The zero-order valence-electron chi connectivity index (χ0n) is 15.5. The molecule has 0 radical (unpaired) electrons. The lowest BCUT2D eigenvalue weighted by molar-refractivity contribution is 0.0907. The summed E-state index contributed by atoms with van der Waals surface area (Å²) in [6, 6.07) is 1.96. The Balaban J connectivity index is 0.000000273. The highest BCUT2D eigenvalue weighted by Crippen LogP contribution is 2.20. The van der Waals surface area contributed by atoms with Gasteiger partial charge in [0.2, 0.25) is 0 Å². The number of carbonyl (C=O) groups excluding carboxylic acids is 1. The van der Waals surface area contributed by atoms with Crippen molar-refractivity contribution in [2.45, 2.75) is 45.8 Å². The number of rotatable bonds is 6. The summed E-state index contributed by atoms with van der Waals surface area (Å²) < 4.78 is 5.20. The van der Waals surface area contributed by atoms with Gasteiger partial charge in [0.15, 0.2) is 11.5 Å². The average Bonchev–Trinajstić information content (AvgIpc) is 3.28. The third kappa shape index (κ3) is 6.26. The van der Waals surface area contributed by atoms with Crippen molar-refractivity contribution in [2.75, 3.05) is 0 Å². The quantitative estimate of drug-likeness (QED) is 0.735. The number of aliphatic hydroxyl groups is 1. The molecule has 8 heteroatoms. The van der Waals surface area contributed by atoms with Gasteiger partial charge in [0, 0.05) is 17.7 Å². The largest absolute Gasteiger partial charge is 0.389 e. The first kappa shape index (κ1) is 20.7. The number of aromatic nitrogens is 3. The monoisotopic (exact) mass is 388 g/mol. The van der Waals surface area contributed by atoms with E-state index in [0.29, 0.717) is 22.5 Å². The number of aryl methyl sites for hydroxylation is 1. The van der Waals surface area contributed by atoms with Crippen LogP contribution in [0.5, 0.6) is 0 Å². The molecule has 1 aliphatic carbocycles. The van der Waals surface area contributed by atoms with Crippen molar-refractivity contribution < 1.29 is 14.4 Å². The van der Waals surface area contributed by atoms with Gasteiger partial charge in [-0.15, -0.1) is 10.2 Å². The normalized spacial score (nSPS) is 14.4. The number of hydrogen-bond donors (Lipinski definition) is 2. The van der Waals surface area contributed by atoms with Gasteiger partial charge in [-0.2, -0.15) is 0 Å². The summed E-state index contributed by atoms with van der Waals surface area (Å²) >= 11 is 1.42. The predicted molar refractivity (Wildman–Crippen MR) is 105 cm³/mol. The molecule has 0 atom stereocenters. The minimum Gasteiger partial charge on any atom is -0.389 e. The fourth-order valence-corrected chi connectivity index (χ4v) is 2.79. The van der Waals surface area contributed by atoms with Gasteiger partial charge < -0.3 is 14.9 Å². The second-order valence-corrected chi connectivity index (χ2v) is 7.16. The molecule has 1 amide bonds. The number of allylic oxidation sites excluding steroid dienone is 5. The van der Waals surface area contributed by atoms with Crippen LogP contribution in [0.4, 0.5) is 0 Å². The maximum absolute atomic E-state index is 11.9. The van der Waals surface area contributed by atoms with Crippen LogP contribution < -0.4 is 5.32 Å². The summed E-state index contributed by atoms with van der Waals surface area (Å²) in [5.74, 6) is 0.419. The summed E-state index contributed by atoms with van der Waals surface area (Å²) in [4.78, 5) is 11.9. The standard InChI is InChI=1S/C15H18N2O2.C4H6N2OS/c1-3-5-7-11(4-2)14-10-13(17-19-14)15(18)16-12-8-6-9-12;1-3-5-6-4(2-7)8-3/h3-5,7,10,12H,1,6,8-9H2,2H3,(H,16,18);7H,2H2,1H3/b7-5-,11-4+;. The molecule has 2 aromatic rings. The Morgan fingerprint density at radius 3 is 2.74 bits per heavy atom. The Morgan fingerprint density at radius 1 is 1.48 bits per heavy atom. The zero-order valence-corrected chi connectivity index (χ0v) is 16.3. The van der Waals surface area contributed by atoms with E-state index < -0.39 is 0 Å². The minimum atomic E-state index is -0.164. The van der Waals surface area contributed by atoms with Gasteiger partial charge in [-0.3, -0.25) is 4.79 Å². The van der Waals surface area contributed by atoms with Crippen molar-refractivity contribution in [3.05, 3.63) is 58.4 Å². The molecule has 144 valence electrons. The summed E-state index contributed by atoms with van der Waals surface area (Å²) in [5, 5.41) is 24.1. The van der Waals surface area contributed by atoms with Crippen LogP contribution in [0.25, 0.3) is 5.57 Å². The van der Waals surface area contributed by atoms with E-state index in [1.54, 1.807) is 12.1 Å². The van der Waals surface area contributed by atoms with E-state index in [2.05, 4.69) is 27.2 Å². The van der Waals surface area contributed by atoms with Crippen molar-refractivity contribution in [1.29, 1.82) is 0 Å². The maximum atomic E-state index is 11.9. The van der Waals surface area contributed by atoms with E-state index in [-0.39, 0.29) is 12.5 Å². The van der Waals surface area contributed by atoms with E-state index in [4.69, 9.17) is 9.63 Å². The Hall–Kier alpha value is -2.58. The van der Waals surface area contributed by atoms with Crippen LogP contribution in [-0.2, 0) is 6.61 Å². The predicted octanol–water partition coefficient (Wildman–Crippen LogP) is 3.44. The van der Waals surface area contributed by atoms with Crippen LogP contribution in [-0.4, -0.2) is 32.4 Å². The van der Waals surface area contributed by atoms with E-state index >= 15 is 0 Å². The molecule has 0 bridgehead atoms. The molecule has 2 heterocycles. The minimum absolute atomic E-state index is 0.00546. The fourth-order valence-electron chi connectivity index (χ4n) is 2.22. The molecule has 7 nitrogen and oxygen atoms in total. The number of hydrogen-bond acceptors (Lipinski definition) is 7. The molecule has 0 saturated heterocycles.